The molecule has 0 bridgehead atoms. The maximum Gasteiger partial charge on any atom is 0.266 e. The number of nitriles is 1. The van der Waals surface area contributed by atoms with Crippen LogP contribution in [0.5, 0.6) is 11.5 Å². The van der Waals surface area contributed by atoms with E-state index in [1.54, 1.807) is 18.2 Å². The van der Waals surface area contributed by atoms with Crippen LogP contribution in [0.4, 0.5) is 11.4 Å². The van der Waals surface area contributed by atoms with Crippen LogP contribution in [0.1, 0.15) is 29.2 Å². The summed E-state index contributed by atoms with van der Waals surface area (Å²) in [5.74, 6) is -0.0227. The molecule has 3 aromatic carbocycles. The number of rotatable bonds is 9. The number of amides is 2. The van der Waals surface area contributed by atoms with E-state index in [4.69, 9.17) is 9.47 Å². The average Bonchev–Trinajstić information content (AvgIpc) is 2.85. The van der Waals surface area contributed by atoms with Crippen LogP contribution in [0.3, 0.4) is 0 Å². The molecule has 2 N–H and O–H groups in total. The van der Waals surface area contributed by atoms with Crippen molar-refractivity contribution in [2.75, 3.05) is 23.8 Å². The van der Waals surface area contributed by atoms with Crippen LogP contribution < -0.4 is 20.1 Å². The molecule has 184 valence electrons. The molecule has 0 fully saturated rings. The van der Waals surface area contributed by atoms with Crippen molar-refractivity contribution in [3.63, 3.8) is 0 Å². The highest BCUT2D eigenvalue weighted by Crippen LogP contribution is 2.29. The summed E-state index contributed by atoms with van der Waals surface area (Å²) in [5.41, 5.74) is 4.88. The standard InChI is InChI=1S/C29H29N3O4/c1-5-35-27-16-22(15-23(17-30)29(34)32-25-14-20(3)6-9-21(25)4)10-13-26(27)36-18-28(33)31-24-11-7-19(2)8-12-24/h6-16H,5,18H2,1-4H3,(H,31,33)(H,32,34)/b23-15-. The Morgan fingerprint density at radius 1 is 0.889 bits per heavy atom. The first-order chi connectivity index (χ1) is 17.3. The molecule has 36 heavy (non-hydrogen) atoms. The lowest BCUT2D eigenvalue weighted by Crippen LogP contribution is -2.20. The van der Waals surface area contributed by atoms with Gasteiger partial charge in [-0.15, -0.1) is 0 Å². The van der Waals surface area contributed by atoms with Crippen LogP contribution in [0.15, 0.2) is 66.2 Å². The van der Waals surface area contributed by atoms with Gasteiger partial charge in [0, 0.05) is 11.4 Å². The van der Waals surface area contributed by atoms with E-state index in [1.165, 1.54) is 6.08 Å². The van der Waals surface area contributed by atoms with Crippen molar-refractivity contribution in [2.45, 2.75) is 27.7 Å². The quantitative estimate of drug-likeness (QED) is 0.306. The van der Waals surface area contributed by atoms with E-state index in [2.05, 4.69) is 10.6 Å². The van der Waals surface area contributed by atoms with Gasteiger partial charge in [0.05, 0.1) is 6.61 Å². The minimum absolute atomic E-state index is 0.0514. The average molecular weight is 484 g/mol. The molecular formula is C29H29N3O4. The second kappa shape index (κ2) is 12.2. The Hall–Kier alpha value is -4.57. The van der Waals surface area contributed by atoms with Gasteiger partial charge in [0.15, 0.2) is 18.1 Å². The number of nitrogens with one attached hydrogen (secondary N) is 2. The van der Waals surface area contributed by atoms with Crippen LogP contribution in [0.2, 0.25) is 0 Å². The van der Waals surface area contributed by atoms with Crippen molar-refractivity contribution in [1.29, 1.82) is 5.26 Å². The second-order valence-electron chi connectivity index (χ2n) is 8.28. The lowest BCUT2D eigenvalue weighted by Gasteiger charge is -2.13. The molecule has 0 aliphatic carbocycles. The largest absolute Gasteiger partial charge is 0.490 e. The Kier molecular flexibility index (Phi) is 8.84. The Bertz CT molecular complexity index is 1320. The molecule has 0 radical (unpaired) electrons. The van der Waals surface area contributed by atoms with E-state index < -0.39 is 5.91 Å². The monoisotopic (exact) mass is 483 g/mol. The fourth-order valence-electron chi connectivity index (χ4n) is 3.35. The van der Waals surface area contributed by atoms with Crippen molar-refractivity contribution in [3.8, 4) is 17.6 Å². The zero-order valence-electron chi connectivity index (χ0n) is 20.8. The summed E-state index contributed by atoms with van der Waals surface area (Å²) in [4.78, 5) is 25.0. The second-order valence-corrected chi connectivity index (χ2v) is 8.28. The maximum atomic E-state index is 12.7. The van der Waals surface area contributed by atoms with Gasteiger partial charge in [-0.25, -0.2) is 0 Å². The maximum absolute atomic E-state index is 12.7. The molecule has 0 heterocycles. The number of carbonyl (C=O) groups excluding carboxylic acids is 2. The van der Waals surface area contributed by atoms with Crippen LogP contribution in [0.25, 0.3) is 6.08 Å². The van der Waals surface area contributed by atoms with Crippen LogP contribution in [-0.4, -0.2) is 25.0 Å². The van der Waals surface area contributed by atoms with Gasteiger partial charge in [0.2, 0.25) is 0 Å². The van der Waals surface area contributed by atoms with Crippen molar-refractivity contribution in [2.24, 2.45) is 0 Å². The molecule has 0 unspecified atom stereocenters. The highest BCUT2D eigenvalue weighted by molar-refractivity contribution is 6.10. The van der Waals surface area contributed by atoms with Crippen LogP contribution >= 0.6 is 0 Å². The Morgan fingerprint density at radius 3 is 2.31 bits per heavy atom. The molecule has 2 amide bonds. The number of carbonyl (C=O) groups is 2. The van der Waals surface area contributed by atoms with E-state index in [0.717, 1.165) is 16.7 Å². The SMILES string of the molecule is CCOc1cc(/C=C(/C#N)C(=O)Nc2cc(C)ccc2C)ccc1OCC(=O)Nc1ccc(C)cc1. The Balaban J connectivity index is 1.72. The van der Waals surface area contributed by atoms with Crippen LogP contribution in [0, 0.1) is 32.1 Å². The highest BCUT2D eigenvalue weighted by Gasteiger charge is 2.13. The van der Waals surface area contributed by atoms with Gasteiger partial charge in [0.25, 0.3) is 11.8 Å². The molecule has 0 aliphatic heterocycles. The summed E-state index contributed by atoms with van der Waals surface area (Å²) >= 11 is 0. The number of nitrogens with zero attached hydrogens (tertiary/aromatic N) is 1. The van der Waals surface area contributed by atoms with Crippen molar-refractivity contribution in [1.82, 2.24) is 0 Å². The third-order valence-corrected chi connectivity index (χ3v) is 5.28. The van der Waals surface area contributed by atoms with Gasteiger partial charge < -0.3 is 20.1 Å². The highest BCUT2D eigenvalue weighted by atomic mass is 16.5. The Morgan fingerprint density at radius 2 is 1.61 bits per heavy atom. The Labute approximate surface area is 211 Å². The van der Waals surface area contributed by atoms with E-state index in [-0.39, 0.29) is 18.1 Å². The molecule has 3 rings (SSSR count). The summed E-state index contributed by atoms with van der Waals surface area (Å²) in [6.45, 7) is 7.79. The van der Waals surface area contributed by atoms with Gasteiger partial charge in [-0.2, -0.15) is 5.26 Å². The first kappa shape index (κ1) is 26.0. The summed E-state index contributed by atoms with van der Waals surface area (Å²) in [7, 11) is 0. The molecule has 7 nitrogen and oxygen atoms in total. The summed E-state index contributed by atoms with van der Waals surface area (Å²) in [6, 6.07) is 20.2. The number of anilines is 2. The number of benzene rings is 3. The zero-order valence-corrected chi connectivity index (χ0v) is 20.8. The van der Waals surface area contributed by atoms with E-state index in [9.17, 15) is 14.9 Å². The molecule has 0 saturated carbocycles. The van der Waals surface area contributed by atoms with Crippen molar-refractivity contribution in [3.05, 3.63) is 88.5 Å². The minimum atomic E-state index is -0.503. The number of aryl methyl sites for hydroxylation is 3. The topological polar surface area (TPSA) is 100 Å². The van der Waals surface area contributed by atoms with Gasteiger partial charge >= 0.3 is 0 Å². The first-order valence-electron chi connectivity index (χ1n) is 11.6. The summed E-state index contributed by atoms with van der Waals surface area (Å²) in [5, 5.41) is 15.2. The predicted octanol–water partition coefficient (Wildman–Crippen LogP) is 5.57. The zero-order chi connectivity index (χ0) is 26.1. The minimum Gasteiger partial charge on any atom is -0.490 e. The van der Waals surface area contributed by atoms with E-state index in [0.29, 0.717) is 35.0 Å². The molecular weight excluding hydrogens is 454 g/mol. The summed E-state index contributed by atoms with van der Waals surface area (Å²) in [6.07, 6.45) is 1.48. The lowest BCUT2D eigenvalue weighted by molar-refractivity contribution is -0.118. The van der Waals surface area contributed by atoms with E-state index in [1.807, 2.05) is 76.2 Å². The first-order valence-corrected chi connectivity index (χ1v) is 11.6. The summed E-state index contributed by atoms with van der Waals surface area (Å²) < 4.78 is 11.4. The van der Waals surface area contributed by atoms with Crippen molar-refractivity contribution < 1.29 is 19.1 Å². The smallest absolute Gasteiger partial charge is 0.266 e. The van der Waals surface area contributed by atoms with Crippen molar-refractivity contribution >= 4 is 29.3 Å². The lowest BCUT2D eigenvalue weighted by atomic mass is 10.1. The normalized spacial score (nSPS) is 10.8. The molecule has 0 atom stereocenters. The number of ether oxygens (including phenoxy) is 2. The fraction of sp³-hybridized carbons (Fsp3) is 0.207. The molecule has 3 aromatic rings. The van der Waals surface area contributed by atoms with Gasteiger partial charge in [-0.3, -0.25) is 9.59 Å². The third kappa shape index (κ3) is 7.21. The fourth-order valence-corrected chi connectivity index (χ4v) is 3.35. The number of hydrogen-bond donors (Lipinski definition) is 2. The molecule has 0 saturated heterocycles. The number of hydrogen-bond acceptors (Lipinski definition) is 5. The molecule has 0 aromatic heterocycles. The van der Waals surface area contributed by atoms with Crippen LogP contribution in [-0.2, 0) is 9.59 Å². The molecule has 0 spiro atoms. The van der Waals surface area contributed by atoms with E-state index >= 15 is 0 Å². The predicted molar refractivity (Wildman–Crippen MR) is 141 cm³/mol. The third-order valence-electron chi connectivity index (χ3n) is 5.28. The molecule has 7 heteroatoms. The van der Waals surface area contributed by atoms with Gasteiger partial charge in [-0.1, -0.05) is 35.9 Å². The van der Waals surface area contributed by atoms with Gasteiger partial charge in [-0.05, 0) is 80.8 Å². The molecule has 0 aliphatic rings. The van der Waals surface area contributed by atoms with Gasteiger partial charge in [0.1, 0.15) is 11.6 Å².